The van der Waals surface area contributed by atoms with Crippen molar-refractivity contribution in [2.24, 2.45) is 0 Å². The van der Waals surface area contributed by atoms with Crippen LogP contribution in [0, 0.1) is 6.92 Å². The van der Waals surface area contributed by atoms with Gasteiger partial charge in [-0.3, -0.25) is 4.79 Å². The van der Waals surface area contributed by atoms with Crippen molar-refractivity contribution in [2.75, 3.05) is 0 Å². The largest absolute Gasteiger partial charge is 0.347 e. The van der Waals surface area contributed by atoms with Crippen molar-refractivity contribution in [1.82, 2.24) is 5.32 Å². The molecule has 0 saturated heterocycles. The molecule has 2 unspecified atom stereocenters. The van der Waals surface area contributed by atoms with E-state index in [0.717, 1.165) is 27.1 Å². The first-order chi connectivity index (χ1) is 8.58. The molecule has 2 rings (SSSR count). The van der Waals surface area contributed by atoms with Crippen molar-refractivity contribution in [1.29, 1.82) is 0 Å². The van der Waals surface area contributed by atoms with Gasteiger partial charge in [-0.25, -0.2) is 0 Å². The minimum Gasteiger partial charge on any atom is -0.347 e. The number of halogens is 2. The van der Waals surface area contributed by atoms with E-state index in [2.05, 4.69) is 37.2 Å². The highest BCUT2D eigenvalue weighted by molar-refractivity contribution is 9.11. The summed E-state index contributed by atoms with van der Waals surface area (Å²) in [6.45, 7) is 2.01. The summed E-state index contributed by atoms with van der Waals surface area (Å²) in [5.74, 6) is 0.0603. The normalized spacial score (nSPS) is 24.6. The summed E-state index contributed by atoms with van der Waals surface area (Å²) in [7, 11) is 0. The van der Waals surface area contributed by atoms with Crippen molar-refractivity contribution in [3.8, 4) is 0 Å². The molecule has 1 heterocycles. The van der Waals surface area contributed by atoms with E-state index >= 15 is 0 Å². The SMILES string of the molecule is Cc1cc(C(=O)NC2CCCCCC2Br)sc1Br. The van der Waals surface area contributed by atoms with Gasteiger partial charge in [0.25, 0.3) is 5.91 Å². The molecule has 2 atom stereocenters. The number of carbonyl (C=O) groups excluding carboxylic acids is 1. The Hall–Kier alpha value is 0.130. The minimum atomic E-state index is 0.0603. The third-order valence-electron chi connectivity index (χ3n) is 3.33. The van der Waals surface area contributed by atoms with Crippen LogP contribution in [-0.2, 0) is 0 Å². The van der Waals surface area contributed by atoms with E-state index in [1.165, 1.54) is 30.6 Å². The van der Waals surface area contributed by atoms with Gasteiger partial charge in [-0.05, 0) is 47.3 Å². The second-order valence-corrected chi connectivity index (χ2v) is 8.35. The summed E-state index contributed by atoms with van der Waals surface area (Å²) in [5, 5.41) is 3.17. The van der Waals surface area contributed by atoms with Gasteiger partial charge < -0.3 is 5.32 Å². The van der Waals surface area contributed by atoms with Gasteiger partial charge in [0.1, 0.15) is 0 Å². The molecule has 100 valence electrons. The van der Waals surface area contributed by atoms with E-state index in [0.29, 0.717) is 4.83 Å². The molecule has 1 saturated carbocycles. The highest BCUT2D eigenvalue weighted by Crippen LogP contribution is 2.28. The molecular formula is C13H17Br2NOS. The van der Waals surface area contributed by atoms with Crippen molar-refractivity contribution in [3.63, 3.8) is 0 Å². The van der Waals surface area contributed by atoms with Crippen LogP contribution >= 0.6 is 43.2 Å². The van der Waals surface area contributed by atoms with Crippen LogP contribution in [0.5, 0.6) is 0 Å². The zero-order valence-corrected chi connectivity index (χ0v) is 14.3. The van der Waals surface area contributed by atoms with Crippen molar-refractivity contribution >= 4 is 49.1 Å². The van der Waals surface area contributed by atoms with Gasteiger partial charge in [-0.15, -0.1) is 11.3 Å². The number of carbonyl (C=O) groups is 1. The first-order valence-corrected chi connectivity index (χ1v) is 8.81. The van der Waals surface area contributed by atoms with E-state index in [9.17, 15) is 4.79 Å². The lowest BCUT2D eigenvalue weighted by atomic mass is 10.1. The van der Waals surface area contributed by atoms with Gasteiger partial charge in [0.2, 0.25) is 0 Å². The van der Waals surface area contributed by atoms with Gasteiger partial charge >= 0.3 is 0 Å². The Kier molecular flexibility index (Phi) is 5.27. The standard InChI is InChI=1S/C13H17Br2NOS/c1-8-7-11(18-12(8)15)13(17)16-10-6-4-2-3-5-9(10)14/h7,9-10H,2-6H2,1H3,(H,16,17). The summed E-state index contributed by atoms with van der Waals surface area (Å²) in [5.41, 5.74) is 1.13. The molecule has 1 aromatic heterocycles. The van der Waals surface area contributed by atoms with Gasteiger partial charge in [-0.2, -0.15) is 0 Å². The lowest BCUT2D eigenvalue weighted by Gasteiger charge is -2.21. The molecular weight excluding hydrogens is 378 g/mol. The third-order valence-corrected chi connectivity index (χ3v) is 6.56. The molecule has 0 aliphatic heterocycles. The number of hydrogen-bond donors (Lipinski definition) is 1. The molecule has 0 bridgehead atoms. The average molecular weight is 395 g/mol. The van der Waals surface area contributed by atoms with Crippen LogP contribution in [0.2, 0.25) is 0 Å². The van der Waals surface area contributed by atoms with Crippen molar-refractivity contribution in [3.05, 3.63) is 20.3 Å². The van der Waals surface area contributed by atoms with Gasteiger partial charge in [-0.1, -0.05) is 35.2 Å². The topological polar surface area (TPSA) is 29.1 Å². The molecule has 1 aromatic rings. The smallest absolute Gasteiger partial charge is 0.261 e. The number of alkyl halides is 1. The Morgan fingerprint density at radius 2 is 2.11 bits per heavy atom. The molecule has 1 fully saturated rings. The zero-order valence-electron chi connectivity index (χ0n) is 10.3. The summed E-state index contributed by atoms with van der Waals surface area (Å²) in [4.78, 5) is 13.4. The Balaban J connectivity index is 2.01. The maximum Gasteiger partial charge on any atom is 0.261 e. The van der Waals surface area contributed by atoms with Crippen LogP contribution in [-0.4, -0.2) is 16.8 Å². The van der Waals surface area contributed by atoms with Crippen LogP contribution in [0.4, 0.5) is 0 Å². The number of rotatable bonds is 2. The summed E-state index contributed by atoms with van der Waals surface area (Å²) < 4.78 is 1.05. The quantitative estimate of drug-likeness (QED) is 0.574. The van der Waals surface area contributed by atoms with Crippen LogP contribution in [0.1, 0.15) is 47.3 Å². The minimum absolute atomic E-state index is 0.0603. The average Bonchev–Trinajstić information content (AvgIpc) is 2.54. The molecule has 2 nitrogen and oxygen atoms in total. The number of aryl methyl sites for hydroxylation is 1. The van der Waals surface area contributed by atoms with Crippen LogP contribution in [0.15, 0.2) is 9.85 Å². The molecule has 1 aliphatic carbocycles. The van der Waals surface area contributed by atoms with Gasteiger partial charge in [0.05, 0.1) is 8.66 Å². The third kappa shape index (κ3) is 3.58. The second kappa shape index (κ2) is 6.53. The Morgan fingerprint density at radius 1 is 1.39 bits per heavy atom. The van der Waals surface area contributed by atoms with Gasteiger partial charge in [0.15, 0.2) is 0 Å². The van der Waals surface area contributed by atoms with Crippen LogP contribution in [0.25, 0.3) is 0 Å². The summed E-state index contributed by atoms with van der Waals surface area (Å²) >= 11 is 8.67. The highest BCUT2D eigenvalue weighted by Gasteiger charge is 2.24. The van der Waals surface area contributed by atoms with Crippen molar-refractivity contribution < 1.29 is 4.79 Å². The Labute approximate surface area is 129 Å². The maximum atomic E-state index is 12.2. The molecule has 0 aromatic carbocycles. The molecule has 0 radical (unpaired) electrons. The fraction of sp³-hybridized carbons (Fsp3) is 0.615. The molecule has 5 heteroatoms. The number of nitrogens with one attached hydrogen (secondary N) is 1. The number of amides is 1. The highest BCUT2D eigenvalue weighted by atomic mass is 79.9. The first kappa shape index (κ1) is 14.5. The lowest BCUT2D eigenvalue weighted by Crippen LogP contribution is -2.40. The molecule has 18 heavy (non-hydrogen) atoms. The van der Waals surface area contributed by atoms with E-state index in [1.54, 1.807) is 0 Å². The predicted octanol–water partition coefficient (Wildman–Crippen LogP) is 4.65. The summed E-state index contributed by atoms with van der Waals surface area (Å²) in [6.07, 6.45) is 5.97. The molecule has 1 amide bonds. The zero-order chi connectivity index (χ0) is 13.1. The fourth-order valence-corrected chi connectivity index (χ4v) is 4.39. The van der Waals surface area contributed by atoms with E-state index < -0.39 is 0 Å². The molecule has 1 N–H and O–H groups in total. The fourth-order valence-electron chi connectivity index (χ4n) is 2.24. The molecule has 1 aliphatic rings. The van der Waals surface area contributed by atoms with Crippen LogP contribution < -0.4 is 5.32 Å². The van der Waals surface area contributed by atoms with E-state index in [1.807, 2.05) is 13.0 Å². The number of hydrogen-bond acceptors (Lipinski definition) is 2. The monoisotopic (exact) mass is 393 g/mol. The van der Waals surface area contributed by atoms with Gasteiger partial charge in [0, 0.05) is 10.9 Å². The van der Waals surface area contributed by atoms with E-state index in [4.69, 9.17) is 0 Å². The predicted molar refractivity (Wildman–Crippen MR) is 83.8 cm³/mol. The van der Waals surface area contributed by atoms with E-state index in [-0.39, 0.29) is 11.9 Å². The maximum absolute atomic E-state index is 12.2. The summed E-state index contributed by atoms with van der Waals surface area (Å²) in [6, 6.07) is 2.21. The van der Waals surface area contributed by atoms with Crippen molar-refractivity contribution in [2.45, 2.75) is 49.9 Å². The number of thiophene rings is 1. The molecule has 0 spiro atoms. The van der Waals surface area contributed by atoms with Crippen LogP contribution in [0.3, 0.4) is 0 Å². The first-order valence-electron chi connectivity index (χ1n) is 6.29. The Morgan fingerprint density at radius 3 is 2.78 bits per heavy atom. The lowest BCUT2D eigenvalue weighted by molar-refractivity contribution is 0.0939. The second-order valence-electron chi connectivity index (χ2n) is 4.80. The Bertz CT molecular complexity index is 413.